The van der Waals surface area contributed by atoms with E-state index in [1.165, 1.54) is 6.42 Å². The van der Waals surface area contributed by atoms with Gasteiger partial charge in [0.05, 0.1) is 6.42 Å². The van der Waals surface area contributed by atoms with Gasteiger partial charge in [-0.15, -0.1) is 0 Å². The Morgan fingerprint density at radius 1 is 1.04 bits per heavy atom. The Bertz CT molecular complexity index is 876. The molecule has 0 aromatic heterocycles. The van der Waals surface area contributed by atoms with Crippen LogP contribution in [0.3, 0.4) is 0 Å². The van der Waals surface area contributed by atoms with Crippen LogP contribution in [0.4, 0.5) is 5.69 Å². The molecule has 1 saturated heterocycles. The minimum absolute atomic E-state index is 0.0397. The van der Waals surface area contributed by atoms with Crippen LogP contribution in [0.5, 0.6) is 0 Å². The summed E-state index contributed by atoms with van der Waals surface area (Å²) < 4.78 is 0. The number of hydrogen-bond donors (Lipinski definition) is 2. The minimum Gasteiger partial charge on any atom is -0.339 e. The summed E-state index contributed by atoms with van der Waals surface area (Å²) in [7, 11) is 0. The van der Waals surface area contributed by atoms with Crippen LogP contribution >= 0.6 is 12.2 Å². The standard InChI is InChI=1S/C22H25N3O2S/c1-16-8-3-4-9-17(16)15-20(26)24-22(28)23-19-11-7-10-18(14-19)21(27)25-12-5-2-6-13-25/h3-4,7-11,14H,2,5-6,12-13,15H2,1H3,(H2,23,24,26,28). The van der Waals surface area contributed by atoms with Crippen LogP contribution in [0.1, 0.15) is 40.7 Å². The highest BCUT2D eigenvalue weighted by Crippen LogP contribution is 2.16. The van der Waals surface area contributed by atoms with Gasteiger partial charge in [0.1, 0.15) is 0 Å². The molecule has 2 aromatic rings. The Labute approximate surface area is 171 Å². The zero-order chi connectivity index (χ0) is 19.9. The summed E-state index contributed by atoms with van der Waals surface area (Å²) in [5, 5.41) is 5.93. The van der Waals surface area contributed by atoms with Gasteiger partial charge in [-0.25, -0.2) is 0 Å². The summed E-state index contributed by atoms with van der Waals surface area (Å²) in [5.41, 5.74) is 3.35. The van der Waals surface area contributed by atoms with E-state index in [4.69, 9.17) is 12.2 Å². The average Bonchev–Trinajstić information content (AvgIpc) is 2.70. The molecule has 1 aliphatic rings. The van der Waals surface area contributed by atoms with E-state index in [0.29, 0.717) is 11.3 Å². The second-order valence-electron chi connectivity index (χ2n) is 7.04. The third-order valence-electron chi connectivity index (χ3n) is 4.88. The number of benzene rings is 2. The third kappa shape index (κ3) is 5.39. The molecule has 0 bridgehead atoms. The number of hydrogen-bond acceptors (Lipinski definition) is 3. The number of likely N-dealkylation sites (tertiary alicyclic amines) is 1. The Hall–Kier alpha value is -2.73. The largest absolute Gasteiger partial charge is 0.339 e. The van der Waals surface area contributed by atoms with Crippen LogP contribution in [-0.2, 0) is 11.2 Å². The van der Waals surface area contributed by atoms with Gasteiger partial charge in [-0.1, -0.05) is 30.3 Å². The molecule has 5 nitrogen and oxygen atoms in total. The van der Waals surface area contributed by atoms with Gasteiger partial charge in [-0.3, -0.25) is 9.59 Å². The molecular formula is C22H25N3O2S. The second kappa shape index (κ2) is 9.46. The van der Waals surface area contributed by atoms with Crippen LogP contribution in [0.2, 0.25) is 0 Å². The van der Waals surface area contributed by atoms with Gasteiger partial charge in [-0.2, -0.15) is 0 Å². The summed E-state index contributed by atoms with van der Waals surface area (Å²) in [6.45, 7) is 3.59. The van der Waals surface area contributed by atoms with Gasteiger partial charge in [-0.05, 0) is 67.7 Å². The smallest absolute Gasteiger partial charge is 0.253 e. The number of piperidine rings is 1. The number of carbonyl (C=O) groups excluding carboxylic acids is 2. The summed E-state index contributed by atoms with van der Waals surface area (Å²) in [4.78, 5) is 26.8. The van der Waals surface area contributed by atoms with Crippen LogP contribution in [0, 0.1) is 6.92 Å². The highest BCUT2D eigenvalue weighted by Gasteiger charge is 2.18. The van der Waals surface area contributed by atoms with E-state index in [1.54, 1.807) is 6.07 Å². The first-order valence-electron chi connectivity index (χ1n) is 9.57. The van der Waals surface area contributed by atoms with Gasteiger partial charge in [0.25, 0.3) is 5.91 Å². The monoisotopic (exact) mass is 395 g/mol. The topological polar surface area (TPSA) is 61.4 Å². The highest BCUT2D eigenvalue weighted by molar-refractivity contribution is 7.80. The van der Waals surface area contributed by atoms with E-state index in [1.807, 2.05) is 54.3 Å². The fraction of sp³-hybridized carbons (Fsp3) is 0.318. The van der Waals surface area contributed by atoms with Crippen molar-refractivity contribution in [3.05, 3.63) is 65.2 Å². The molecule has 2 aromatic carbocycles. The molecule has 0 spiro atoms. The van der Waals surface area contributed by atoms with Crippen molar-refractivity contribution in [3.63, 3.8) is 0 Å². The molecule has 2 amide bonds. The van der Waals surface area contributed by atoms with Crippen molar-refractivity contribution in [2.45, 2.75) is 32.6 Å². The SMILES string of the molecule is Cc1ccccc1CC(=O)NC(=S)Nc1cccc(C(=O)N2CCCCC2)c1. The quantitative estimate of drug-likeness (QED) is 0.776. The van der Waals surface area contributed by atoms with E-state index >= 15 is 0 Å². The maximum absolute atomic E-state index is 12.6. The lowest BCUT2D eigenvalue weighted by Gasteiger charge is -2.26. The molecule has 0 unspecified atom stereocenters. The number of rotatable bonds is 4. The van der Waals surface area contributed by atoms with Crippen LogP contribution in [0.15, 0.2) is 48.5 Å². The lowest BCUT2D eigenvalue weighted by atomic mass is 10.1. The van der Waals surface area contributed by atoms with Crippen molar-refractivity contribution >= 4 is 34.8 Å². The van der Waals surface area contributed by atoms with E-state index < -0.39 is 0 Å². The van der Waals surface area contributed by atoms with E-state index in [0.717, 1.165) is 37.1 Å². The maximum atomic E-state index is 12.6. The molecule has 1 aliphatic heterocycles. The molecule has 6 heteroatoms. The van der Waals surface area contributed by atoms with E-state index in [-0.39, 0.29) is 23.3 Å². The summed E-state index contributed by atoms with van der Waals surface area (Å²) >= 11 is 5.26. The number of thiocarbonyl (C=S) groups is 1. The summed E-state index contributed by atoms with van der Waals surface area (Å²) in [6, 6.07) is 15.0. The van der Waals surface area contributed by atoms with Gasteiger partial charge in [0, 0.05) is 24.3 Å². The first kappa shape index (κ1) is 20.0. The Morgan fingerprint density at radius 2 is 1.79 bits per heavy atom. The molecular weight excluding hydrogens is 370 g/mol. The number of aryl methyl sites for hydroxylation is 1. The fourth-order valence-corrected chi connectivity index (χ4v) is 3.56. The average molecular weight is 396 g/mol. The highest BCUT2D eigenvalue weighted by atomic mass is 32.1. The minimum atomic E-state index is -0.174. The predicted molar refractivity (Wildman–Crippen MR) is 115 cm³/mol. The second-order valence-corrected chi connectivity index (χ2v) is 7.45. The molecule has 0 atom stereocenters. The molecule has 0 aliphatic carbocycles. The lowest BCUT2D eigenvalue weighted by Crippen LogP contribution is -2.36. The van der Waals surface area contributed by atoms with Gasteiger partial charge in [0.2, 0.25) is 5.91 Å². The molecule has 0 radical (unpaired) electrons. The van der Waals surface area contributed by atoms with Gasteiger partial charge < -0.3 is 15.5 Å². The predicted octanol–water partition coefficient (Wildman–Crippen LogP) is 3.68. The van der Waals surface area contributed by atoms with Crippen LogP contribution in [-0.4, -0.2) is 34.9 Å². The van der Waals surface area contributed by atoms with Crippen molar-refractivity contribution in [2.24, 2.45) is 0 Å². The van der Waals surface area contributed by atoms with E-state index in [2.05, 4.69) is 10.6 Å². The zero-order valence-corrected chi connectivity index (χ0v) is 16.8. The van der Waals surface area contributed by atoms with E-state index in [9.17, 15) is 9.59 Å². The molecule has 28 heavy (non-hydrogen) atoms. The van der Waals surface area contributed by atoms with Crippen molar-refractivity contribution in [3.8, 4) is 0 Å². The Morgan fingerprint density at radius 3 is 2.54 bits per heavy atom. The molecule has 3 rings (SSSR count). The summed E-state index contributed by atoms with van der Waals surface area (Å²) in [5.74, 6) is -0.134. The van der Waals surface area contributed by atoms with Crippen LogP contribution < -0.4 is 10.6 Å². The lowest BCUT2D eigenvalue weighted by molar-refractivity contribution is -0.119. The van der Waals surface area contributed by atoms with Crippen molar-refractivity contribution in [2.75, 3.05) is 18.4 Å². The number of nitrogens with zero attached hydrogens (tertiary/aromatic N) is 1. The molecule has 2 N–H and O–H groups in total. The molecule has 0 saturated carbocycles. The fourth-order valence-electron chi connectivity index (χ4n) is 3.32. The number of carbonyl (C=O) groups is 2. The van der Waals surface area contributed by atoms with Crippen molar-refractivity contribution in [1.29, 1.82) is 0 Å². The first-order chi connectivity index (χ1) is 13.5. The Balaban J connectivity index is 1.57. The third-order valence-corrected chi connectivity index (χ3v) is 5.08. The van der Waals surface area contributed by atoms with Crippen molar-refractivity contribution in [1.82, 2.24) is 10.2 Å². The molecule has 1 fully saturated rings. The maximum Gasteiger partial charge on any atom is 0.253 e. The van der Waals surface area contributed by atoms with Gasteiger partial charge in [0.15, 0.2) is 5.11 Å². The molecule has 1 heterocycles. The van der Waals surface area contributed by atoms with Gasteiger partial charge >= 0.3 is 0 Å². The molecule has 146 valence electrons. The number of nitrogens with one attached hydrogen (secondary N) is 2. The zero-order valence-electron chi connectivity index (χ0n) is 16.0. The van der Waals surface area contributed by atoms with Crippen LogP contribution in [0.25, 0.3) is 0 Å². The Kier molecular flexibility index (Phi) is 6.76. The van der Waals surface area contributed by atoms with Crippen molar-refractivity contribution < 1.29 is 9.59 Å². The first-order valence-corrected chi connectivity index (χ1v) is 9.98. The number of amides is 2. The number of anilines is 1. The normalized spacial score (nSPS) is 13.7. The summed E-state index contributed by atoms with van der Waals surface area (Å²) in [6.07, 6.45) is 3.56.